The Kier molecular flexibility index (Phi) is 10.3. The summed E-state index contributed by atoms with van der Waals surface area (Å²) >= 11 is 0. The number of amides is 3. The molecule has 4 fully saturated rings. The first kappa shape index (κ1) is 34.1. The van der Waals surface area contributed by atoms with Crippen molar-refractivity contribution in [3.05, 3.63) is 65.0 Å². The molecule has 3 amide bonds. The summed E-state index contributed by atoms with van der Waals surface area (Å²) in [4.78, 5) is 44.7. The minimum absolute atomic E-state index is 0.0171. The summed E-state index contributed by atoms with van der Waals surface area (Å²) in [5.41, 5.74) is 2.57. The number of pyridine rings is 1. The molecule has 0 radical (unpaired) electrons. The van der Waals surface area contributed by atoms with E-state index in [4.69, 9.17) is 9.31 Å². The second kappa shape index (κ2) is 13.9. The Morgan fingerprint density at radius 1 is 1.02 bits per heavy atom. The molecule has 4 aliphatic rings. The van der Waals surface area contributed by atoms with Gasteiger partial charge in [0.2, 0.25) is 5.91 Å². The van der Waals surface area contributed by atoms with Crippen LogP contribution in [0.25, 0.3) is 0 Å². The van der Waals surface area contributed by atoms with Crippen LogP contribution in [0, 0.1) is 30.1 Å². The van der Waals surface area contributed by atoms with Gasteiger partial charge >= 0.3 is 7.12 Å². The molecule has 9 nitrogen and oxygen atoms in total. The van der Waals surface area contributed by atoms with Crippen molar-refractivity contribution in [2.45, 2.75) is 111 Å². The molecular weight excluding hydrogens is 579 g/mol. The first-order chi connectivity index (χ1) is 21.8. The molecular formula is C36H51BN4O5. The lowest BCUT2D eigenvalue weighted by Gasteiger charge is -2.64. The number of carbonyl (C=O) groups excluding carboxylic acids is 3. The average molecular weight is 631 g/mol. The highest BCUT2D eigenvalue weighted by atomic mass is 16.7. The highest BCUT2D eigenvalue weighted by Gasteiger charge is 2.68. The van der Waals surface area contributed by atoms with E-state index in [1.54, 1.807) is 24.4 Å². The monoisotopic (exact) mass is 630 g/mol. The molecule has 1 saturated heterocycles. The first-order valence-electron chi connectivity index (χ1n) is 17.1. The van der Waals surface area contributed by atoms with E-state index in [0.717, 1.165) is 43.2 Å². The van der Waals surface area contributed by atoms with E-state index in [0.29, 0.717) is 23.8 Å². The molecule has 2 aromatic rings. The van der Waals surface area contributed by atoms with Crippen LogP contribution in [0.2, 0.25) is 0 Å². The number of rotatable bonds is 13. The molecule has 3 N–H and O–H groups in total. The maximum Gasteiger partial charge on any atom is 0.481 e. The Labute approximate surface area is 274 Å². The van der Waals surface area contributed by atoms with E-state index in [-0.39, 0.29) is 35.6 Å². The number of aromatic nitrogens is 1. The van der Waals surface area contributed by atoms with Crippen LogP contribution in [0.4, 0.5) is 0 Å². The molecule has 0 unspecified atom stereocenters. The molecule has 1 aliphatic heterocycles. The lowest BCUT2D eigenvalue weighted by molar-refractivity contribution is -0.199. The fraction of sp³-hybridized carbons (Fsp3) is 0.611. The zero-order chi connectivity index (χ0) is 33.2. The van der Waals surface area contributed by atoms with Gasteiger partial charge in [0.15, 0.2) is 0 Å². The van der Waals surface area contributed by atoms with Crippen LogP contribution in [0.3, 0.4) is 0 Å². The number of nitrogens with one attached hydrogen (secondary N) is 3. The zero-order valence-corrected chi connectivity index (χ0v) is 28.5. The molecule has 1 aromatic heterocycles. The number of nitrogens with zero attached hydrogens (tertiary/aromatic N) is 1. The maximum atomic E-state index is 14.0. The second-order valence-electron chi connectivity index (χ2n) is 14.8. The fourth-order valence-electron chi connectivity index (χ4n) is 7.63. The third-order valence-electron chi connectivity index (χ3n) is 10.6. The third kappa shape index (κ3) is 7.18. The predicted octanol–water partition coefficient (Wildman–Crippen LogP) is 5.06. The quantitative estimate of drug-likeness (QED) is 0.267. The van der Waals surface area contributed by atoms with Gasteiger partial charge in [0, 0.05) is 18.3 Å². The van der Waals surface area contributed by atoms with E-state index in [1.165, 1.54) is 0 Å². The van der Waals surface area contributed by atoms with Gasteiger partial charge in [-0.05, 0) is 92.9 Å². The van der Waals surface area contributed by atoms with Gasteiger partial charge in [0.1, 0.15) is 11.7 Å². The molecule has 6 atom stereocenters. The molecule has 3 aliphatic carbocycles. The first-order valence-corrected chi connectivity index (χ1v) is 17.1. The Balaban J connectivity index is 1.31. The van der Waals surface area contributed by atoms with Crippen molar-refractivity contribution in [1.29, 1.82) is 0 Å². The number of hydrogen-bond acceptors (Lipinski definition) is 6. The molecule has 0 spiro atoms. The Bertz CT molecular complexity index is 1400. The van der Waals surface area contributed by atoms with E-state index in [9.17, 15) is 14.4 Å². The molecule has 2 heterocycles. The smallest absolute Gasteiger partial charge is 0.404 e. The van der Waals surface area contributed by atoms with Crippen molar-refractivity contribution < 1.29 is 23.7 Å². The zero-order valence-electron chi connectivity index (χ0n) is 28.5. The van der Waals surface area contributed by atoms with Gasteiger partial charge in [-0.25, -0.2) is 0 Å². The summed E-state index contributed by atoms with van der Waals surface area (Å²) in [6.07, 6.45) is 7.42. The normalized spacial score (nSPS) is 25.7. The minimum Gasteiger partial charge on any atom is -0.404 e. The van der Waals surface area contributed by atoms with Gasteiger partial charge in [-0.2, -0.15) is 0 Å². The second-order valence-corrected chi connectivity index (χ2v) is 14.8. The van der Waals surface area contributed by atoms with Crippen LogP contribution in [0.5, 0.6) is 0 Å². The fourth-order valence-corrected chi connectivity index (χ4v) is 7.63. The van der Waals surface area contributed by atoms with Crippen LogP contribution in [-0.2, 0) is 20.5 Å². The van der Waals surface area contributed by atoms with Crippen LogP contribution < -0.4 is 16.0 Å². The highest BCUT2D eigenvalue weighted by molar-refractivity contribution is 6.48. The van der Waals surface area contributed by atoms with Crippen molar-refractivity contribution in [3.63, 3.8) is 0 Å². The lowest BCUT2D eigenvalue weighted by Crippen LogP contribution is -2.65. The summed E-state index contributed by atoms with van der Waals surface area (Å²) in [6, 6.07) is 9.71. The van der Waals surface area contributed by atoms with E-state index in [2.05, 4.69) is 62.5 Å². The molecule has 248 valence electrons. The molecule has 1 aromatic carbocycles. The van der Waals surface area contributed by atoms with Crippen LogP contribution in [-0.4, -0.2) is 60.1 Å². The molecule has 6 rings (SSSR count). The predicted molar refractivity (Wildman–Crippen MR) is 179 cm³/mol. The summed E-state index contributed by atoms with van der Waals surface area (Å²) in [5, 5.41) is 8.83. The van der Waals surface area contributed by atoms with Crippen LogP contribution in [0.15, 0.2) is 42.6 Å². The maximum absolute atomic E-state index is 14.0. The summed E-state index contributed by atoms with van der Waals surface area (Å²) < 4.78 is 13.3. The van der Waals surface area contributed by atoms with Gasteiger partial charge in [0.05, 0.1) is 17.6 Å². The number of hydrogen-bond donors (Lipinski definition) is 3. The van der Waals surface area contributed by atoms with Crippen molar-refractivity contribution in [2.24, 2.45) is 23.2 Å². The molecule has 2 bridgehead atoms. The van der Waals surface area contributed by atoms with Crippen LogP contribution in [0.1, 0.15) is 106 Å². The lowest BCUT2D eigenvalue weighted by atomic mass is 9.43. The minimum atomic E-state index is -1.05. The number of benzene rings is 1. The van der Waals surface area contributed by atoms with Crippen molar-refractivity contribution in [3.8, 4) is 0 Å². The van der Waals surface area contributed by atoms with E-state index >= 15 is 0 Å². The van der Waals surface area contributed by atoms with Gasteiger partial charge < -0.3 is 25.3 Å². The molecule has 46 heavy (non-hydrogen) atoms. The van der Waals surface area contributed by atoms with Crippen molar-refractivity contribution in [2.75, 3.05) is 6.54 Å². The Morgan fingerprint density at radius 3 is 2.39 bits per heavy atom. The largest absolute Gasteiger partial charge is 0.481 e. The van der Waals surface area contributed by atoms with Gasteiger partial charge in [-0.1, -0.05) is 64.8 Å². The average Bonchev–Trinajstić information content (AvgIpc) is 3.39. The van der Waals surface area contributed by atoms with E-state index in [1.807, 2.05) is 25.1 Å². The summed E-state index contributed by atoms with van der Waals surface area (Å²) in [7, 11) is -0.604. The number of carbonyl (C=O) groups is 3. The Hall–Kier alpha value is -3.24. The number of unbranched alkanes of at least 4 members (excludes halogenated alkanes) is 1. The number of aryl methyl sites for hydroxylation is 2. The standard InChI is InChI=1S/C36H51BN4O5/c1-8-9-10-24-13-16-27(38-20-24)33(43)40-28(21-39-32(42)25-14-11-23(4)12-15-25)34(44)41-31(17-22(2)3)37-45-30-19-26-18-29(35(26,5)6)36(30,7)46-37/h11-16,20,22,26,28-31H,8-10,17-19,21H2,1-7H3,(H,39,42)(H,40,43)(H,41,44)/t26-,28+,29-,30-,31+,36+/m1/s1. The summed E-state index contributed by atoms with van der Waals surface area (Å²) in [5.74, 6) is -0.400. The molecule has 3 saturated carbocycles. The van der Waals surface area contributed by atoms with E-state index < -0.39 is 36.5 Å². The highest BCUT2D eigenvalue weighted by Crippen LogP contribution is 2.65. The summed E-state index contributed by atoms with van der Waals surface area (Å²) in [6.45, 7) is 15.0. The van der Waals surface area contributed by atoms with Gasteiger partial charge in [0.25, 0.3) is 11.8 Å². The van der Waals surface area contributed by atoms with Gasteiger partial charge in [-0.15, -0.1) is 0 Å². The SMILES string of the molecule is CCCCc1ccc(C(=O)N[C@@H](CNC(=O)c2ccc(C)cc2)C(=O)N[C@@H](CC(C)C)B2O[C@@H]3C[C@H]4C[C@H](C4(C)C)[C@]3(C)O2)nc1. The Morgan fingerprint density at radius 2 is 1.76 bits per heavy atom. The topological polar surface area (TPSA) is 119 Å². The van der Waals surface area contributed by atoms with Crippen LogP contribution >= 0.6 is 0 Å². The van der Waals surface area contributed by atoms with Crippen molar-refractivity contribution >= 4 is 24.8 Å². The third-order valence-corrected chi connectivity index (χ3v) is 10.6. The van der Waals surface area contributed by atoms with Gasteiger partial charge in [-0.3, -0.25) is 19.4 Å². The molecule has 10 heteroatoms. The van der Waals surface area contributed by atoms with Crippen molar-refractivity contribution in [1.82, 2.24) is 20.9 Å².